The van der Waals surface area contributed by atoms with Crippen molar-refractivity contribution in [1.29, 1.82) is 0 Å². The third-order valence-electron chi connectivity index (χ3n) is 4.64. The number of benzene rings is 2. The molecule has 0 fully saturated rings. The molecule has 3 rings (SSSR count). The standard InChI is InChI=1S/C22H23N3O5/c1-14-10-15-6-4-5-7-17(15)22(28)25(14)13-21(27)23-12-20(26)24-16-8-9-18(29-2)19(11-16)30-3/h4-11H,12-13H2,1-3H3,(H,23,27)(H,24,26). The summed E-state index contributed by atoms with van der Waals surface area (Å²) in [7, 11) is 3.02. The molecule has 0 aliphatic rings. The van der Waals surface area contributed by atoms with Gasteiger partial charge in [-0.15, -0.1) is 0 Å². The molecule has 1 heterocycles. The predicted octanol–water partition coefficient (Wildman–Crippen LogP) is 2.08. The smallest absolute Gasteiger partial charge is 0.259 e. The summed E-state index contributed by atoms with van der Waals surface area (Å²) < 4.78 is 11.7. The molecule has 0 aliphatic heterocycles. The van der Waals surface area contributed by atoms with Crippen LogP contribution in [0.1, 0.15) is 5.69 Å². The van der Waals surface area contributed by atoms with Crippen LogP contribution in [0.2, 0.25) is 0 Å². The maximum absolute atomic E-state index is 12.7. The number of amides is 2. The molecule has 0 unspecified atom stereocenters. The Hall–Kier alpha value is -3.81. The van der Waals surface area contributed by atoms with Gasteiger partial charge in [0.05, 0.1) is 20.8 Å². The molecule has 0 spiro atoms. The first-order chi connectivity index (χ1) is 14.4. The SMILES string of the molecule is COc1ccc(NC(=O)CNC(=O)Cn2c(C)cc3ccccc3c2=O)cc1OC. The summed E-state index contributed by atoms with van der Waals surface area (Å²) in [6.07, 6.45) is 0. The largest absolute Gasteiger partial charge is 0.493 e. The van der Waals surface area contributed by atoms with Gasteiger partial charge in [-0.1, -0.05) is 18.2 Å². The minimum Gasteiger partial charge on any atom is -0.493 e. The number of rotatable bonds is 7. The lowest BCUT2D eigenvalue weighted by atomic mass is 10.1. The lowest BCUT2D eigenvalue weighted by Crippen LogP contribution is -2.37. The minimum atomic E-state index is -0.432. The van der Waals surface area contributed by atoms with Crippen molar-refractivity contribution in [2.24, 2.45) is 0 Å². The van der Waals surface area contributed by atoms with E-state index < -0.39 is 11.8 Å². The molecular formula is C22H23N3O5. The normalized spacial score (nSPS) is 10.5. The Kier molecular flexibility index (Phi) is 6.36. The van der Waals surface area contributed by atoms with Crippen LogP contribution in [0.5, 0.6) is 11.5 Å². The Bertz CT molecular complexity index is 1150. The molecule has 0 atom stereocenters. The van der Waals surface area contributed by atoms with Crippen molar-refractivity contribution < 1.29 is 19.1 Å². The van der Waals surface area contributed by atoms with Crippen LogP contribution in [-0.4, -0.2) is 37.1 Å². The molecule has 8 heteroatoms. The van der Waals surface area contributed by atoms with Crippen molar-refractivity contribution in [2.75, 3.05) is 26.1 Å². The van der Waals surface area contributed by atoms with Crippen molar-refractivity contribution in [2.45, 2.75) is 13.5 Å². The van der Waals surface area contributed by atoms with E-state index in [2.05, 4.69) is 10.6 Å². The summed E-state index contributed by atoms with van der Waals surface area (Å²) in [4.78, 5) is 37.1. The number of ether oxygens (including phenoxy) is 2. The molecule has 0 radical (unpaired) electrons. The number of pyridine rings is 1. The number of anilines is 1. The van der Waals surface area contributed by atoms with Crippen LogP contribution >= 0.6 is 0 Å². The highest BCUT2D eigenvalue weighted by atomic mass is 16.5. The third-order valence-corrected chi connectivity index (χ3v) is 4.64. The number of nitrogens with one attached hydrogen (secondary N) is 2. The van der Waals surface area contributed by atoms with Gasteiger partial charge in [0, 0.05) is 22.8 Å². The Morgan fingerprint density at radius 2 is 1.70 bits per heavy atom. The fourth-order valence-electron chi connectivity index (χ4n) is 3.12. The van der Waals surface area contributed by atoms with Gasteiger partial charge >= 0.3 is 0 Å². The molecule has 30 heavy (non-hydrogen) atoms. The monoisotopic (exact) mass is 409 g/mol. The first kappa shape index (κ1) is 20.9. The van der Waals surface area contributed by atoms with Crippen LogP contribution in [0.4, 0.5) is 5.69 Å². The van der Waals surface area contributed by atoms with Crippen LogP contribution in [0, 0.1) is 6.92 Å². The van der Waals surface area contributed by atoms with E-state index in [0.29, 0.717) is 28.3 Å². The van der Waals surface area contributed by atoms with Gasteiger partial charge < -0.3 is 24.7 Å². The summed E-state index contributed by atoms with van der Waals surface area (Å²) in [5.41, 5.74) is 0.938. The number of carbonyl (C=O) groups excluding carboxylic acids is 2. The summed E-state index contributed by atoms with van der Waals surface area (Å²) in [6.45, 7) is 1.37. The van der Waals surface area contributed by atoms with Gasteiger partial charge in [0.15, 0.2) is 11.5 Å². The van der Waals surface area contributed by atoms with Crippen LogP contribution in [0.15, 0.2) is 53.3 Å². The minimum absolute atomic E-state index is 0.168. The predicted molar refractivity (Wildman–Crippen MR) is 114 cm³/mol. The number of aryl methyl sites for hydroxylation is 1. The number of fused-ring (bicyclic) bond motifs is 1. The second-order valence-corrected chi connectivity index (χ2v) is 6.66. The van der Waals surface area contributed by atoms with Gasteiger partial charge in [0.2, 0.25) is 11.8 Å². The Labute approximate surface area is 173 Å². The van der Waals surface area contributed by atoms with Crippen LogP contribution in [-0.2, 0) is 16.1 Å². The van der Waals surface area contributed by atoms with Crippen LogP contribution in [0.3, 0.4) is 0 Å². The number of nitrogens with zero attached hydrogens (tertiary/aromatic N) is 1. The summed E-state index contributed by atoms with van der Waals surface area (Å²) >= 11 is 0. The summed E-state index contributed by atoms with van der Waals surface area (Å²) in [6, 6.07) is 14.0. The highest BCUT2D eigenvalue weighted by Crippen LogP contribution is 2.29. The van der Waals surface area contributed by atoms with Crippen molar-refractivity contribution in [1.82, 2.24) is 9.88 Å². The highest BCUT2D eigenvalue weighted by molar-refractivity contribution is 5.94. The molecule has 0 saturated heterocycles. The van der Waals surface area contributed by atoms with Gasteiger partial charge in [0.1, 0.15) is 6.54 Å². The van der Waals surface area contributed by atoms with Crippen molar-refractivity contribution in [3.05, 3.63) is 64.6 Å². The van der Waals surface area contributed by atoms with E-state index in [0.717, 1.165) is 5.39 Å². The maximum atomic E-state index is 12.7. The van der Waals surface area contributed by atoms with E-state index in [1.807, 2.05) is 18.2 Å². The maximum Gasteiger partial charge on any atom is 0.259 e. The van der Waals surface area contributed by atoms with Gasteiger partial charge in [-0.2, -0.15) is 0 Å². The fraction of sp³-hybridized carbons (Fsp3) is 0.227. The van der Waals surface area contributed by atoms with E-state index in [1.54, 1.807) is 37.3 Å². The molecule has 0 aliphatic carbocycles. The van der Waals surface area contributed by atoms with Crippen molar-refractivity contribution in [3.8, 4) is 11.5 Å². The van der Waals surface area contributed by atoms with Gasteiger partial charge in [-0.25, -0.2) is 0 Å². The molecule has 0 bridgehead atoms. The first-order valence-corrected chi connectivity index (χ1v) is 9.30. The molecular weight excluding hydrogens is 386 g/mol. The van der Waals surface area contributed by atoms with E-state index in [-0.39, 0.29) is 18.6 Å². The zero-order valence-electron chi connectivity index (χ0n) is 17.0. The quantitative estimate of drug-likeness (QED) is 0.623. The number of aromatic nitrogens is 1. The molecule has 1 aromatic heterocycles. The molecule has 2 aromatic carbocycles. The number of carbonyl (C=O) groups is 2. The van der Waals surface area contributed by atoms with Gasteiger partial charge in [0.25, 0.3) is 5.56 Å². The Morgan fingerprint density at radius 3 is 2.43 bits per heavy atom. The average molecular weight is 409 g/mol. The second-order valence-electron chi connectivity index (χ2n) is 6.66. The lowest BCUT2D eigenvalue weighted by molar-refractivity contribution is -0.124. The fourth-order valence-corrected chi connectivity index (χ4v) is 3.12. The van der Waals surface area contributed by atoms with Gasteiger partial charge in [-0.3, -0.25) is 14.4 Å². The van der Waals surface area contributed by atoms with Crippen LogP contribution < -0.4 is 25.7 Å². The van der Waals surface area contributed by atoms with Crippen molar-refractivity contribution >= 4 is 28.3 Å². The van der Waals surface area contributed by atoms with E-state index in [1.165, 1.54) is 18.8 Å². The zero-order chi connectivity index (χ0) is 21.7. The molecule has 2 N–H and O–H groups in total. The molecule has 2 amide bonds. The topological polar surface area (TPSA) is 98.7 Å². The molecule has 156 valence electrons. The van der Waals surface area contributed by atoms with Gasteiger partial charge in [-0.05, 0) is 36.6 Å². The lowest BCUT2D eigenvalue weighted by Gasteiger charge is -2.13. The first-order valence-electron chi connectivity index (χ1n) is 9.30. The summed E-state index contributed by atoms with van der Waals surface area (Å²) in [5, 5.41) is 6.58. The molecule has 8 nitrogen and oxygen atoms in total. The Morgan fingerprint density at radius 1 is 0.967 bits per heavy atom. The highest BCUT2D eigenvalue weighted by Gasteiger charge is 2.12. The second kappa shape index (κ2) is 9.13. The van der Waals surface area contributed by atoms with Crippen LogP contribution in [0.25, 0.3) is 10.8 Å². The van der Waals surface area contributed by atoms with E-state index >= 15 is 0 Å². The zero-order valence-corrected chi connectivity index (χ0v) is 17.0. The van der Waals surface area contributed by atoms with E-state index in [4.69, 9.17) is 9.47 Å². The molecule has 0 saturated carbocycles. The Balaban J connectivity index is 1.62. The number of hydrogen-bond donors (Lipinski definition) is 2. The third kappa shape index (κ3) is 4.60. The molecule has 3 aromatic rings. The number of methoxy groups -OCH3 is 2. The number of hydrogen-bond acceptors (Lipinski definition) is 5. The van der Waals surface area contributed by atoms with E-state index in [9.17, 15) is 14.4 Å². The van der Waals surface area contributed by atoms with Crippen molar-refractivity contribution in [3.63, 3.8) is 0 Å². The summed E-state index contributed by atoms with van der Waals surface area (Å²) in [5.74, 6) is 0.182. The average Bonchev–Trinajstić information content (AvgIpc) is 2.75.